The molecule has 1 radical (unpaired) electrons. The third kappa shape index (κ3) is 4.22. The monoisotopic (exact) mass is 154 g/mol. The molecule has 1 aromatic rings. The molecule has 0 bridgehead atoms. The first-order chi connectivity index (χ1) is 4.39. The average molecular weight is 154 g/mol. The van der Waals surface area contributed by atoms with E-state index in [1.165, 1.54) is 16.2 Å². The van der Waals surface area contributed by atoms with E-state index in [4.69, 9.17) is 16.0 Å². The molecule has 0 fully saturated rings. The molecule has 2 nitrogen and oxygen atoms in total. The summed E-state index contributed by atoms with van der Waals surface area (Å²) in [5.41, 5.74) is 0. The Morgan fingerprint density at radius 1 is 1.44 bits per heavy atom. The first-order valence-corrected chi connectivity index (χ1v) is 3.15. The van der Waals surface area contributed by atoms with Gasteiger partial charge in [0.25, 0.3) is 0 Å². The quantitative estimate of drug-likeness (QED) is 0.450. The van der Waals surface area contributed by atoms with Gasteiger partial charge in [-0.2, -0.15) is 0 Å². The topological polar surface area (TPSA) is 32.9 Å². The number of H-pyrrole nitrogens is 1. The van der Waals surface area contributed by atoms with Crippen LogP contribution in [0.25, 0.3) is 0 Å². The van der Waals surface area contributed by atoms with Crippen LogP contribution < -0.4 is 0 Å². The van der Waals surface area contributed by atoms with Gasteiger partial charge in [0, 0.05) is 6.20 Å². The summed E-state index contributed by atoms with van der Waals surface area (Å²) in [7, 11) is 0. The zero-order valence-electron chi connectivity index (χ0n) is 4.70. The second-order valence-electron chi connectivity index (χ2n) is 1.23. The molecule has 4 heteroatoms. The van der Waals surface area contributed by atoms with Crippen LogP contribution in [0.4, 0.5) is 0 Å². The molecule has 1 aromatic heterocycles. The number of aromatic amines is 1. The Balaban J connectivity index is 0.000000291. The van der Waals surface area contributed by atoms with Crippen LogP contribution in [-0.2, 0) is 3.80 Å². The predicted molar refractivity (Wildman–Crippen MR) is 38.1 cm³/mol. The summed E-state index contributed by atoms with van der Waals surface area (Å²) in [4.78, 5) is 2.85. The maximum atomic E-state index is 8.17. The SMILES string of the molecule is S=c1cccc[nH]1.[O]=[Al]. The predicted octanol–water partition coefficient (Wildman–Crippen LogP) is 1.24. The summed E-state index contributed by atoms with van der Waals surface area (Å²) in [5.74, 6) is 0. The number of rotatable bonds is 0. The summed E-state index contributed by atoms with van der Waals surface area (Å²) in [6, 6.07) is 5.64. The molecular formula is C5H5AlNOS. The van der Waals surface area contributed by atoms with Crippen molar-refractivity contribution >= 4 is 28.4 Å². The molecule has 0 amide bonds. The molecule has 0 spiro atoms. The fraction of sp³-hybridized carbons (Fsp3) is 0. The van der Waals surface area contributed by atoms with Crippen molar-refractivity contribution in [1.29, 1.82) is 0 Å². The minimum atomic E-state index is 0.780. The summed E-state index contributed by atoms with van der Waals surface area (Å²) < 4.78 is 8.95. The fourth-order valence-corrected chi connectivity index (χ4v) is 0.523. The molecule has 0 aliphatic rings. The van der Waals surface area contributed by atoms with Gasteiger partial charge in [0.05, 0.1) is 0 Å². The molecular weight excluding hydrogens is 149 g/mol. The van der Waals surface area contributed by atoms with Crippen molar-refractivity contribution in [2.24, 2.45) is 0 Å². The van der Waals surface area contributed by atoms with E-state index < -0.39 is 0 Å². The van der Waals surface area contributed by atoms with E-state index in [2.05, 4.69) is 4.98 Å². The third-order valence-electron chi connectivity index (χ3n) is 0.681. The van der Waals surface area contributed by atoms with Gasteiger partial charge in [-0.25, -0.2) is 0 Å². The van der Waals surface area contributed by atoms with Crippen molar-refractivity contribution in [2.45, 2.75) is 0 Å². The van der Waals surface area contributed by atoms with Crippen molar-refractivity contribution in [3.63, 3.8) is 0 Å². The van der Waals surface area contributed by atoms with E-state index in [0.29, 0.717) is 0 Å². The van der Waals surface area contributed by atoms with Crippen molar-refractivity contribution in [3.05, 3.63) is 29.0 Å². The van der Waals surface area contributed by atoms with Crippen LogP contribution in [-0.4, -0.2) is 21.2 Å². The van der Waals surface area contributed by atoms with Crippen molar-refractivity contribution < 1.29 is 3.80 Å². The molecule has 0 aromatic carbocycles. The first kappa shape index (κ1) is 8.70. The molecule has 0 atom stereocenters. The fourth-order valence-electron chi connectivity index (χ4n) is 0.377. The molecule has 9 heavy (non-hydrogen) atoms. The van der Waals surface area contributed by atoms with Gasteiger partial charge >= 0.3 is 20.0 Å². The Hall–Kier alpha value is -0.298. The maximum absolute atomic E-state index is 8.17. The van der Waals surface area contributed by atoms with E-state index >= 15 is 0 Å². The molecule has 0 aliphatic heterocycles. The molecule has 45 valence electrons. The molecule has 1 rings (SSSR count). The van der Waals surface area contributed by atoms with E-state index in [9.17, 15) is 0 Å². The van der Waals surface area contributed by atoms with E-state index in [-0.39, 0.29) is 0 Å². The number of hydrogen-bond acceptors (Lipinski definition) is 2. The van der Waals surface area contributed by atoms with Gasteiger partial charge in [-0.1, -0.05) is 18.3 Å². The van der Waals surface area contributed by atoms with Crippen LogP contribution in [0.2, 0.25) is 0 Å². The Morgan fingerprint density at radius 3 is 2.33 bits per heavy atom. The number of nitrogens with one attached hydrogen (secondary N) is 1. The Kier molecular flexibility index (Phi) is 5.64. The molecule has 0 saturated carbocycles. The van der Waals surface area contributed by atoms with Crippen LogP contribution in [0, 0.1) is 4.64 Å². The van der Waals surface area contributed by atoms with Crippen LogP contribution in [0.5, 0.6) is 0 Å². The summed E-state index contributed by atoms with van der Waals surface area (Å²) >= 11 is 5.92. The number of pyridine rings is 1. The summed E-state index contributed by atoms with van der Waals surface area (Å²) in [5, 5.41) is 0. The van der Waals surface area contributed by atoms with Crippen molar-refractivity contribution in [3.8, 4) is 0 Å². The van der Waals surface area contributed by atoms with Crippen LogP contribution >= 0.6 is 12.2 Å². The number of hydrogen-bond donors (Lipinski definition) is 1. The standard InChI is InChI=1S/C5H5NS.Al.O/c7-5-3-1-2-4-6-5;;/h1-4H,(H,6,7);;. The molecule has 1 N–H and O–H groups in total. The Labute approximate surface area is 66.6 Å². The normalized spacial score (nSPS) is 7.00. The van der Waals surface area contributed by atoms with E-state index in [1.807, 2.05) is 24.4 Å². The zero-order chi connectivity index (χ0) is 7.11. The second kappa shape index (κ2) is 5.83. The molecule has 0 unspecified atom stereocenters. The summed E-state index contributed by atoms with van der Waals surface area (Å²) in [6.07, 6.45) is 1.81. The van der Waals surface area contributed by atoms with E-state index in [1.54, 1.807) is 0 Å². The van der Waals surface area contributed by atoms with Gasteiger partial charge in [0.1, 0.15) is 4.64 Å². The van der Waals surface area contributed by atoms with Crippen molar-refractivity contribution in [2.75, 3.05) is 0 Å². The van der Waals surface area contributed by atoms with Crippen molar-refractivity contribution in [1.82, 2.24) is 4.98 Å². The van der Waals surface area contributed by atoms with Gasteiger partial charge in [-0.05, 0) is 12.1 Å². The minimum absolute atomic E-state index is 0.780. The zero-order valence-corrected chi connectivity index (χ0v) is 6.67. The van der Waals surface area contributed by atoms with Gasteiger partial charge in [0.2, 0.25) is 0 Å². The summed E-state index contributed by atoms with van der Waals surface area (Å²) in [6.45, 7) is 0. The third-order valence-corrected chi connectivity index (χ3v) is 0.934. The Morgan fingerprint density at radius 2 is 2.11 bits per heavy atom. The van der Waals surface area contributed by atoms with E-state index in [0.717, 1.165) is 4.64 Å². The van der Waals surface area contributed by atoms with Gasteiger partial charge in [-0.15, -0.1) is 0 Å². The van der Waals surface area contributed by atoms with Gasteiger partial charge < -0.3 is 4.98 Å². The molecule has 0 saturated heterocycles. The average Bonchev–Trinajstić information content (AvgIpc) is 1.94. The van der Waals surface area contributed by atoms with Crippen LogP contribution in [0.1, 0.15) is 0 Å². The second-order valence-corrected chi connectivity index (χ2v) is 1.67. The van der Waals surface area contributed by atoms with Crippen LogP contribution in [0.3, 0.4) is 0 Å². The van der Waals surface area contributed by atoms with Gasteiger partial charge in [0.15, 0.2) is 0 Å². The molecule has 1 heterocycles. The first-order valence-electron chi connectivity index (χ1n) is 2.27. The van der Waals surface area contributed by atoms with Crippen LogP contribution in [0.15, 0.2) is 24.4 Å². The number of aromatic nitrogens is 1. The van der Waals surface area contributed by atoms with Gasteiger partial charge in [-0.3, -0.25) is 0 Å². The molecule has 0 aliphatic carbocycles. The Bertz CT molecular complexity index is 195.